The Labute approximate surface area is 164 Å². The Morgan fingerprint density at radius 3 is 2.62 bits per heavy atom. The molecule has 0 spiro atoms. The van der Waals surface area contributed by atoms with Crippen molar-refractivity contribution < 1.29 is 27.6 Å². The number of anilines is 1. The van der Waals surface area contributed by atoms with Gasteiger partial charge in [-0.2, -0.15) is 13.2 Å². The molecule has 1 aliphatic heterocycles. The summed E-state index contributed by atoms with van der Waals surface area (Å²) in [4.78, 5) is 27.1. The van der Waals surface area contributed by atoms with E-state index in [9.17, 15) is 28.1 Å². The maximum absolute atomic E-state index is 13.1. The quantitative estimate of drug-likeness (QED) is 0.570. The van der Waals surface area contributed by atoms with E-state index in [2.05, 4.69) is 4.74 Å². The van der Waals surface area contributed by atoms with E-state index in [1.54, 1.807) is 0 Å². The topological polar surface area (TPSA) is 75.9 Å². The van der Waals surface area contributed by atoms with Crippen LogP contribution in [0.15, 0.2) is 42.5 Å². The number of fused-ring (bicyclic) bond motifs is 1. The number of nitrogens with zero attached hydrogens (tertiary/aromatic N) is 3. The smallest absolute Gasteiger partial charge is 0.422 e. The van der Waals surface area contributed by atoms with Crippen LogP contribution in [0.5, 0.6) is 5.75 Å². The number of amides is 1. The average Bonchev–Trinajstić information content (AvgIpc) is 2.84. The van der Waals surface area contributed by atoms with Crippen LogP contribution >= 0.6 is 0 Å². The van der Waals surface area contributed by atoms with Crippen LogP contribution in [0, 0.1) is 10.1 Å². The SMILES string of the molecule is CN1CCN(C(=O)c2cc(OCC(F)(F)F)ccc2[N+](=O)[O-])Cc2ccccc21. The van der Waals surface area contributed by atoms with Gasteiger partial charge in [0, 0.05) is 38.4 Å². The van der Waals surface area contributed by atoms with Crippen molar-refractivity contribution >= 4 is 17.3 Å². The van der Waals surface area contributed by atoms with E-state index in [1.165, 1.54) is 4.90 Å². The van der Waals surface area contributed by atoms with Crippen molar-refractivity contribution in [2.75, 3.05) is 31.6 Å². The minimum Gasteiger partial charge on any atom is -0.484 e. The van der Waals surface area contributed by atoms with Gasteiger partial charge in [-0.25, -0.2) is 0 Å². The summed E-state index contributed by atoms with van der Waals surface area (Å²) in [5.41, 5.74) is 1.02. The van der Waals surface area contributed by atoms with Crippen molar-refractivity contribution in [3.8, 4) is 5.75 Å². The second-order valence-electron chi connectivity index (χ2n) is 6.62. The van der Waals surface area contributed by atoms with Crippen LogP contribution in [-0.2, 0) is 6.54 Å². The van der Waals surface area contributed by atoms with Gasteiger partial charge in [0.05, 0.1) is 4.92 Å². The Hall–Kier alpha value is -3.30. The lowest BCUT2D eigenvalue weighted by Gasteiger charge is -2.21. The largest absolute Gasteiger partial charge is 0.484 e. The predicted molar refractivity (Wildman–Crippen MR) is 99.1 cm³/mol. The number of para-hydroxylation sites is 1. The fourth-order valence-electron chi connectivity index (χ4n) is 3.14. The van der Waals surface area contributed by atoms with Crippen molar-refractivity contribution in [1.82, 2.24) is 4.90 Å². The van der Waals surface area contributed by atoms with Crippen molar-refractivity contribution in [3.05, 3.63) is 63.7 Å². The van der Waals surface area contributed by atoms with Crippen LogP contribution in [0.3, 0.4) is 0 Å². The number of nitro benzene ring substituents is 1. The van der Waals surface area contributed by atoms with E-state index in [0.717, 1.165) is 29.4 Å². The van der Waals surface area contributed by atoms with Gasteiger partial charge in [-0.3, -0.25) is 14.9 Å². The number of rotatable bonds is 4. The van der Waals surface area contributed by atoms with Gasteiger partial charge in [0.1, 0.15) is 11.3 Å². The van der Waals surface area contributed by atoms with Gasteiger partial charge in [-0.05, 0) is 23.8 Å². The molecule has 0 atom stereocenters. The molecule has 29 heavy (non-hydrogen) atoms. The molecule has 0 aromatic heterocycles. The Kier molecular flexibility index (Phi) is 5.62. The minimum atomic E-state index is -4.56. The summed E-state index contributed by atoms with van der Waals surface area (Å²) < 4.78 is 41.9. The zero-order valence-electron chi connectivity index (χ0n) is 15.5. The van der Waals surface area contributed by atoms with Gasteiger partial charge < -0.3 is 14.5 Å². The molecule has 0 radical (unpaired) electrons. The number of hydrogen-bond acceptors (Lipinski definition) is 5. The highest BCUT2D eigenvalue weighted by atomic mass is 19.4. The highest BCUT2D eigenvalue weighted by molar-refractivity contribution is 5.98. The van der Waals surface area contributed by atoms with Gasteiger partial charge in [0.15, 0.2) is 6.61 Å². The monoisotopic (exact) mass is 409 g/mol. The Morgan fingerprint density at radius 1 is 1.21 bits per heavy atom. The van der Waals surface area contributed by atoms with Crippen molar-refractivity contribution in [2.24, 2.45) is 0 Å². The molecule has 0 unspecified atom stereocenters. The molecule has 0 saturated heterocycles. The second kappa shape index (κ2) is 7.98. The van der Waals surface area contributed by atoms with Gasteiger partial charge in [-0.1, -0.05) is 18.2 Å². The first-order valence-corrected chi connectivity index (χ1v) is 8.72. The molecular formula is C19H18F3N3O4. The summed E-state index contributed by atoms with van der Waals surface area (Å²) in [6.07, 6.45) is -4.56. The second-order valence-corrected chi connectivity index (χ2v) is 6.62. The number of carbonyl (C=O) groups is 1. The number of halogens is 3. The van der Waals surface area contributed by atoms with Gasteiger partial charge in [-0.15, -0.1) is 0 Å². The number of alkyl halides is 3. The van der Waals surface area contributed by atoms with E-state index in [0.29, 0.717) is 13.1 Å². The van der Waals surface area contributed by atoms with Crippen LogP contribution in [-0.4, -0.2) is 48.7 Å². The van der Waals surface area contributed by atoms with Gasteiger partial charge >= 0.3 is 6.18 Å². The van der Waals surface area contributed by atoms with Crippen molar-refractivity contribution in [3.63, 3.8) is 0 Å². The van der Waals surface area contributed by atoms with Crippen LogP contribution in [0.2, 0.25) is 0 Å². The highest BCUT2D eigenvalue weighted by Crippen LogP contribution is 2.29. The highest BCUT2D eigenvalue weighted by Gasteiger charge is 2.31. The van der Waals surface area contributed by atoms with Crippen LogP contribution in [0.1, 0.15) is 15.9 Å². The third kappa shape index (κ3) is 4.76. The summed E-state index contributed by atoms with van der Waals surface area (Å²) in [5, 5.41) is 11.4. The molecule has 0 fully saturated rings. The molecule has 2 aromatic carbocycles. The lowest BCUT2D eigenvalue weighted by Crippen LogP contribution is -2.34. The molecule has 0 saturated carbocycles. The first-order valence-electron chi connectivity index (χ1n) is 8.72. The fraction of sp³-hybridized carbons (Fsp3) is 0.316. The third-order valence-electron chi connectivity index (χ3n) is 4.55. The maximum atomic E-state index is 13.1. The van der Waals surface area contributed by atoms with Crippen molar-refractivity contribution in [2.45, 2.75) is 12.7 Å². The Morgan fingerprint density at radius 2 is 1.93 bits per heavy atom. The number of hydrogen-bond donors (Lipinski definition) is 0. The molecule has 7 nitrogen and oxygen atoms in total. The molecule has 0 bridgehead atoms. The van der Waals surface area contributed by atoms with E-state index < -0.39 is 29.3 Å². The average molecular weight is 409 g/mol. The fourth-order valence-corrected chi connectivity index (χ4v) is 3.14. The first kappa shape index (κ1) is 20.4. The van der Waals surface area contributed by atoms with E-state index in [-0.39, 0.29) is 17.9 Å². The molecular weight excluding hydrogens is 391 g/mol. The molecule has 2 aromatic rings. The molecule has 0 aliphatic carbocycles. The van der Waals surface area contributed by atoms with Gasteiger partial charge in [0.25, 0.3) is 11.6 Å². The van der Waals surface area contributed by atoms with Crippen LogP contribution in [0.4, 0.5) is 24.5 Å². The molecule has 1 amide bonds. The Bertz CT molecular complexity index is 933. The summed E-state index contributed by atoms with van der Waals surface area (Å²) in [6.45, 7) is -0.528. The Balaban J connectivity index is 1.91. The zero-order valence-corrected chi connectivity index (χ0v) is 15.5. The molecule has 154 valence electrons. The summed E-state index contributed by atoms with van der Waals surface area (Å²) in [5.74, 6) is -0.900. The molecule has 1 heterocycles. The van der Waals surface area contributed by atoms with Crippen LogP contribution < -0.4 is 9.64 Å². The van der Waals surface area contributed by atoms with E-state index in [1.807, 2.05) is 36.2 Å². The normalized spacial score (nSPS) is 14.2. The minimum absolute atomic E-state index is 0.226. The summed E-state index contributed by atoms with van der Waals surface area (Å²) >= 11 is 0. The summed E-state index contributed by atoms with van der Waals surface area (Å²) in [6, 6.07) is 10.5. The van der Waals surface area contributed by atoms with Crippen LogP contribution in [0.25, 0.3) is 0 Å². The lowest BCUT2D eigenvalue weighted by atomic mass is 10.1. The zero-order chi connectivity index (χ0) is 21.2. The van der Waals surface area contributed by atoms with Gasteiger partial charge in [0.2, 0.25) is 0 Å². The number of benzene rings is 2. The lowest BCUT2D eigenvalue weighted by molar-refractivity contribution is -0.385. The molecule has 3 rings (SSSR count). The number of carbonyl (C=O) groups excluding carboxylic acids is 1. The molecule has 10 heteroatoms. The number of nitro groups is 1. The maximum Gasteiger partial charge on any atom is 0.422 e. The number of ether oxygens (including phenoxy) is 1. The van der Waals surface area contributed by atoms with E-state index >= 15 is 0 Å². The molecule has 0 N–H and O–H groups in total. The molecule has 1 aliphatic rings. The van der Waals surface area contributed by atoms with E-state index in [4.69, 9.17) is 0 Å². The summed E-state index contributed by atoms with van der Waals surface area (Å²) in [7, 11) is 1.88. The standard InChI is InChI=1S/C19H18F3N3O4/c1-23-8-9-24(11-13-4-2-3-5-16(13)23)18(26)15-10-14(29-12-19(20,21)22)6-7-17(15)25(27)28/h2-7,10H,8-9,11-12H2,1H3. The third-order valence-corrected chi connectivity index (χ3v) is 4.55. The predicted octanol–water partition coefficient (Wildman–Crippen LogP) is 3.63. The first-order chi connectivity index (χ1) is 13.7. The number of likely N-dealkylation sites (N-methyl/N-ethyl adjacent to an activating group) is 1. The van der Waals surface area contributed by atoms with Crippen molar-refractivity contribution in [1.29, 1.82) is 0 Å².